The van der Waals surface area contributed by atoms with E-state index in [1.54, 1.807) is 7.11 Å². The Morgan fingerprint density at radius 1 is 1.09 bits per heavy atom. The third-order valence-corrected chi connectivity index (χ3v) is 6.91. The molecule has 0 spiro atoms. The Morgan fingerprint density at radius 3 is 2.53 bits per heavy atom. The molecule has 7 nitrogen and oxygen atoms in total. The van der Waals surface area contributed by atoms with Crippen molar-refractivity contribution >= 4 is 22.0 Å². The minimum absolute atomic E-state index is 0.124. The van der Waals surface area contributed by atoms with Crippen LogP contribution >= 0.6 is 11.3 Å². The van der Waals surface area contributed by atoms with Crippen molar-refractivity contribution in [3.8, 4) is 11.6 Å². The number of fused-ring (bicyclic) bond motifs is 1. The molecule has 2 aromatic heterocycles. The molecule has 1 aliphatic heterocycles. The van der Waals surface area contributed by atoms with Gasteiger partial charge in [0, 0.05) is 31.9 Å². The van der Waals surface area contributed by atoms with Gasteiger partial charge in [-0.25, -0.2) is 9.37 Å². The number of piperazine rings is 1. The predicted molar refractivity (Wildman–Crippen MR) is 122 cm³/mol. The van der Waals surface area contributed by atoms with Gasteiger partial charge in [-0.15, -0.1) is 5.10 Å². The van der Waals surface area contributed by atoms with Crippen LogP contribution in [0.1, 0.15) is 22.3 Å². The van der Waals surface area contributed by atoms with E-state index < -0.39 is 0 Å². The molecule has 0 unspecified atom stereocenters. The van der Waals surface area contributed by atoms with E-state index in [-0.39, 0.29) is 17.7 Å². The van der Waals surface area contributed by atoms with E-state index in [1.165, 1.54) is 28.0 Å². The predicted octanol–water partition coefficient (Wildman–Crippen LogP) is 3.86. The topological polar surface area (TPSA) is 66.1 Å². The maximum absolute atomic E-state index is 13.3. The van der Waals surface area contributed by atoms with Crippen LogP contribution in [0.2, 0.25) is 0 Å². The first-order valence-electron chi connectivity index (χ1n) is 10.5. The van der Waals surface area contributed by atoms with E-state index in [0.29, 0.717) is 10.8 Å². The first kappa shape index (κ1) is 20.7. The number of hydrogen-bond acceptors (Lipinski definition) is 7. The van der Waals surface area contributed by atoms with Gasteiger partial charge in [0.2, 0.25) is 10.8 Å². The first-order chi connectivity index (χ1) is 15.5. The summed E-state index contributed by atoms with van der Waals surface area (Å²) in [6.07, 6.45) is 0. The number of ether oxygens (including phenoxy) is 1. The van der Waals surface area contributed by atoms with Crippen LogP contribution in [0.3, 0.4) is 0 Å². The highest BCUT2D eigenvalue weighted by atomic mass is 32.1. The van der Waals surface area contributed by atoms with Crippen LogP contribution in [0.25, 0.3) is 4.96 Å². The fourth-order valence-electron chi connectivity index (χ4n) is 4.26. The highest BCUT2D eigenvalue weighted by Gasteiger charge is 2.32. The molecule has 0 radical (unpaired) electrons. The molecule has 166 valence electrons. The van der Waals surface area contributed by atoms with Gasteiger partial charge in [-0.3, -0.25) is 4.90 Å². The third kappa shape index (κ3) is 3.78. The molecule has 0 saturated carbocycles. The Morgan fingerprint density at radius 2 is 1.84 bits per heavy atom. The van der Waals surface area contributed by atoms with E-state index >= 15 is 0 Å². The zero-order valence-electron chi connectivity index (χ0n) is 17.9. The summed E-state index contributed by atoms with van der Waals surface area (Å²) in [5.41, 5.74) is 2.05. The van der Waals surface area contributed by atoms with E-state index in [0.717, 1.165) is 48.1 Å². The number of methoxy groups -OCH3 is 1. The minimum atomic E-state index is -0.229. The zero-order chi connectivity index (χ0) is 22.2. The van der Waals surface area contributed by atoms with E-state index in [1.807, 2.05) is 37.3 Å². The molecule has 32 heavy (non-hydrogen) atoms. The Bertz CT molecular complexity index is 1230. The van der Waals surface area contributed by atoms with Gasteiger partial charge in [0.1, 0.15) is 17.4 Å². The number of aromatic hydroxyl groups is 1. The van der Waals surface area contributed by atoms with Gasteiger partial charge < -0.3 is 14.7 Å². The molecule has 0 amide bonds. The van der Waals surface area contributed by atoms with Crippen LogP contribution in [-0.4, -0.2) is 57.9 Å². The van der Waals surface area contributed by atoms with Crippen molar-refractivity contribution in [1.29, 1.82) is 0 Å². The number of hydrogen-bond donors (Lipinski definition) is 1. The average Bonchev–Trinajstić information content (AvgIpc) is 3.32. The number of aromatic nitrogens is 3. The largest absolute Gasteiger partial charge is 0.497 e. The molecular weight excluding hydrogens is 429 g/mol. The standard InChI is InChI=1S/C23H24FN5O2S/c1-15-25-23-29(26-15)22(30)21(32-23)20(16-4-3-5-19(14-16)31-2)28-12-10-27(11-13-28)18-8-6-17(24)7-9-18/h3-9,14,20,30H,10-13H2,1-2H3/t20-/m1/s1. The lowest BCUT2D eigenvalue weighted by molar-refractivity contribution is 0.211. The quantitative estimate of drug-likeness (QED) is 0.495. The van der Waals surface area contributed by atoms with Crippen molar-refractivity contribution in [1.82, 2.24) is 19.5 Å². The normalized spacial score (nSPS) is 15.9. The van der Waals surface area contributed by atoms with E-state index in [9.17, 15) is 9.50 Å². The molecule has 1 aliphatic rings. The van der Waals surface area contributed by atoms with Gasteiger partial charge in [0.05, 0.1) is 18.0 Å². The number of nitrogens with zero attached hydrogens (tertiary/aromatic N) is 5. The summed E-state index contributed by atoms with van der Waals surface area (Å²) in [6, 6.07) is 14.4. The fraction of sp³-hybridized carbons (Fsp3) is 0.304. The first-order valence-corrected chi connectivity index (χ1v) is 11.3. The molecule has 2 aromatic carbocycles. The molecule has 1 N–H and O–H groups in total. The Hall–Kier alpha value is -3.17. The summed E-state index contributed by atoms with van der Waals surface area (Å²) < 4.78 is 20.3. The molecular formula is C23H24FN5O2S. The maximum Gasteiger partial charge on any atom is 0.230 e. The SMILES string of the molecule is COc1cccc([C@H](c2sc3nc(C)nn3c2O)N2CCN(c3ccc(F)cc3)CC2)c1. The second-order valence-electron chi connectivity index (χ2n) is 7.82. The summed E-state index contributed by atoms with van der Waals surface area (Å²) >= 11 is 1.46. The van der Waals surface area contributed by atoms with Gasteiger partial charge in [0.25, 0.3) is 0 Å². The molecule has 0 bridgehead atoms. The lowest BCUT2D eigenvalue weighted by Gasteiger charge is -2.40. The summed E-state index contributed by atoms with van der Waals surface area (Å²) in [5, 5.41) is 15.3. The molecule has 0 aliphatic carbocycles. The van der Waals surface area contributed by atoms with Crippen LogP contribution in [0, 0.1) is 12.7 Å². The van der Waals surface area contributed by atoms with Crippen LogP contribution < -0.4 is 9.64 Å². The summed E-state index contributed by atoms with van der Waals surface area (Å²) in [6.45, 7) is 4.98. The number of rotatable bonds is 5. The number of aryl methyl sites for hydroxylation is 1. The smallest absolute Gasteiger partial charge is 0.230 e. The second-order valence-corrected chi connectivity index (χ2v) is 8.83. The van der Waals surface area contributed by atoms with Gasteiger partial charge in [-0.1, -0.05) is 23.5 Å². The lowest BCUT2D eigenvalue weighted by atomic mass is 10.0. The van der Waals surface area contributed by atoms with E-state index in [4.69, 9.17) is 4.74 Å². The number of anilines is 1. The Labute approximate surface area is 189 Å². The van der Waals surface area contributed by atoms with Crippen molar-refractivity contribution in [2.24, 2.45) is 0 Å². The lowest BCUT2D eigenvalue weighted by Crippen LogP contribution is -2.47. The maximum atomic E-state index is 13.3. The van der Waals surface area contributed by atoms with Gasteiger partial charge in [-0.05, 0) is 48.9 Å². The molecule has 5 rings (SSSR count). The number of thiazole rings is 1. The third-order valence-electron chi connectivity index (χ3n) is 5.83. The van der Waals surface area contributed by atoms with Crippen molar-refractivity contribution in [3.63, 3.8) is 0 Å². The Balaban J connectivity index is 1.48. The van der Waals surface area contributed by atoms with Crippen molar-refractivity contribution in [2.45, 2.75) is 13.0 Å². The van der Waals surface area contributed by atoms with Gasteiger partial charge in [-0.2, -0.15) is 4.52 Å². The monoisotopic (exact) mass is 453 g/mol. The minimum Gasteiger partial charge on any atom is -0.497 e. The molecule has 1 fully saturated rings. The summed E-state index contributed by atoms with van der Waals surface area (Å²) in [7, 11) is 1.65. The van der Waals surface area contributed by atoms with Crippen molar-refractivity contribution in [2.75, 3.05) is 38.2 Å². The van der Waals surface area contributed by atoms with Crippen LogP contribution in [0.5, 0.6) is 11.6 Å². The number of benzene rings is 2. The average molecular weight is 454 g/mol. The molecule has 4 aromatic rings. The van der Waals surface area contributed by atoms with Gasteiger partial charge in [0.15, 0.2) is 0 Å². The van der Waals surface area contributed by atoms with Crippen LogP contribution in [-0.2, 0) is 0 Å². The second kappa shape index (κ2) is 8.40. The summed E-state index contributed by atoms with van der Waals surface area (Å²) in [5.74, 6) is 1.29. The molecule has 3 heterocycles. The van der Waals surface area contributed by atoms with Crippen molar-refractivity contribution < 1.29 is 14.2 Å². The fourth-order valence-corrected chi connectivity index (χ4v) is 5.42. The van der Waals surface area contributed by atoms with E-state index in [2.05, 4.69) is 25.9 Å². The number of halogens is 1. The highest BCUT2D eigenvalue weighted by Crippen LogP contribution is 2.41. The molecule has 9 heteroatoms. The Kier molecular flexibility index (Phi) is 5.44. The van der Waals surface area contributed by atoms with Gasteiger partial charge >= 0.3 is 0 Å². The zero-order valence-corrected chi connectivity index (χ0v) is 18.7. The highest BCUT2D eigenvalue weighted by molar-refractivity contribution is 7.17. The van der Waals surface area contributed by atoms with Crippen LogP contribution in [0.4, 0.5) is 10.1 Å². The molecule has 1 atom stereocenters. The molecule has 1 saturated heterocycles. The summed E-state index contributed by atoms with van der Waals surface area (Å²) in [4.78, 5) is 10.5. The van der Waals surface area contributed by atoms with Crippen molar-refractivity contribution in [3.05, 3.63) is 70.6 Å². The van der Waals surface area contributed by atoms with Crippen LogP contribution in [0.15, 0.2) is 48.5 Å².